The first-order chi connectivity index (χ1) is 10.3. The van der Waals surface area contributed by atoms with Gasteiger partial charge >= 0.3 is 0 Å². The molecule has 0 spiro atoms. The number of hydrogen-bond donors (Lipinski definition) is 1. The molecule has 0 atom stereocenters. The minimum absolute atomic E-state index is 0.260. The van der Waals surface area contributed by atoms with Gasteiger partial charge in [-0.05, 0) is 18.2 Å². The van der Waals surface area contributed by atoms with Crippen molar-refractivity contribution in [2.45, 2.75) is 6.61 Å². The van der Waals surface area contributed by atoms with Crippen LogP contribution in [0.2, 0.25) is 0 Å². The predicted molar refractivity (Wildman–Crippen MR) is 80.4 cm³/mol. The summed E-state index contributed by atoms with van der Waals surface area (Å²) in [5, 5.41) is 1.05. The number of nitrogens with one attached hydrogen (secondary N) is 1. The lowest BCUT2D eigenvalue weighted by atomic mass is 10.1. The average Bonchev–Trinajstić information content (AvgIpc) is 2.56. The number of carbonyl (C=O) groups is 1. The number of para-hydroxylation sites is 1. The van der Waals surface area contributed by atoms with Gasteiger partial charge in [0, 0.05) is 22.7 Å². The zero-order valence-corrected chi connectivity index (χ0v) is 11.3. The Labute approximate surface area is 122 Å². The molecule has 0 aliphatic rings. The highest BCUT2D eigenvalue weighted by Gasteiger charge is 2.06. The number of benzene rings is 2. The summed E-state index contributed by atoms with van der Waals surface area (Å²) in [6.07, 6.45) is 1.74. The number of carbonyl (C=O) groups excluding carboxylic acids is 1. The van der Waals surface area contributed by atoms with Crippen LogP contribution in [0.4, 0.5) is 0 Å². The van der Waals surface area contributed by atoms with E-state index in [1.54, 1.807) is 18.3 Å². The van der Waals surface area contributed by atoms with Gasteiger partial charge in [0.1, 0.15) is 6.61 Å². The predicted octanol–water partition coefficient (Wildman–Crippen LogP) is 3.10. The van der Waals surface area contributed by atoms with Gasteiger partial charge < -0.3 is 0 Å². The van der Waals surface area contributed by atoms with Crippen LogP contribution in [0.25, 0.3) is 10.9 Å². The van der Waals surface area contributed by atoms with Gasteiger partial charge in [0.15, 0.2) is 0 Å². The normalized spacial score (nSPS) is 10.5. The molecule has 0 bridgehead atoms. The summed E-state index contributed by atoms with van der Waals surface area (Å²) >= 11 is 0. The molecule has 4 heteroatoms. The van der Waals surface area contributed by atoms with Crippen LogP contribution in [0.15, 0.2) is 66.9 Å². The Kier molecular flexibility index (Phi) is 3.89. The maximum Gasteiger partial charge on any atom is 0.274 e. The summed E-state index contributed by atoms with van der Waals surface area (Å²) in [4.78, 5) is 21.5. The second kappa shape index (κ2) is 6.15. The van der Waals surface area contributed by atoms with Crippen LogP contribution in [0, 0.1) is 0 Å². The zero-order valence-electron chi connectivity index (χ0n) is 11.3. The van der Waals surface area contributed by atoms with Crippen molar-refractivity contribution in [1.29, 1.82) is 0 Å². The third kappa shape index (κ3) is 3.07. The quantitative estimate of drug-likeness (QED) is 0.746. The Hall–Kier alpha value is -2.72. The van der Waals surface area contributed by atoms with Gasteiger partial charge in [-0.25, -0.2) is 5.48 Å². The molecule has 1 amide bonds. The number of fused-ring (bicyclic) bond motifs is 1. The first kappa shape index (κ1) is 13.3. The zero-order chi connectivity index (χ0) is 14.5. The van der Waals surface area contributed by atoms with E-state index in [9.17, 15) is 4.79 Å². The smallest absolute Gasteiger partial charge is 0.269 e. The van der Waals surface area contributed by atoms with Crippen LogP contribution >= 0.6 is 0 Å². The Balaban J connectivity index is 1.66. The van der Waals surface area contributed by atoms with E-state index < -0.39 is 0 Å². The number of hydroxylamine groups is 1. The van der Waals surface area contributed by atoms with Crippen molar-refractivity contribution in [1.82, 2.24) is 10.5 Å². The van der Waals surface area contributed by atoms with E-state index in [1.807, 2.05) is 48.5 Å². The van der Waals surface area contributed by atoms with E-state index in [2.05, 4.69) is 10.5 Å². The minimum atomic E-state index is -0.260. The molecule has 3 aromatic rings. The molecule has 0 aliphatic carbocycles. The molecular weight excluding hydrogens is 264 g/mol. The highest BCUT2D eigenvalue weighted by molar-refractivity contribution is 5.93. The minimum Gasteiger partial charge on any atom is -0.269 e. The molecule has 0 saturated carbocycles. The van der Waals surface area contributed by atoms with Crippen molar-refractivity contribution >= 4 is 16.8 Å². The Morgan fingerprint density at radius 1 is 1.00 bits per heavy atom. The van der Waals surface area contributed by atoms with Gasteiger partial charge in [-0.2, -0.15) is 0 Å². The van der Waals surface area contributed by atoms with E-state index in [1.165, 1.54) is 0 Å². The molecule has 2 aromatic carbocycles. The molecule has 104 valence electrons. The first-order valence-electron chi connectivity index (χ1n) is 6.64. The van der Waals surface area contributed by atoms with E-state index >= 15 is 0 Å². The highest BCUT2D eigenvalue weighted by atomic mass is 16.6. The van der Waals surface area contributed by atoms with Crippen molar-refractivity contribution in [2.24, 2.45) is 0 Å². The Morgan fingerprint density at radius 2 is 1.81 bits per heavy atom. The molecule has 0 aliphatic heterocycles. The van der Waals surface area contributed by atoms with Gasteiger partial charge in [-0.3, -0.25) is 14.6 Å². The Morgan fingerprint density at radius 3 is 2.67 bits per heavy atom. The van der Waals surface area contributed by atoms with E-state index in [4.69, 9.17) is 4.84 Å². The molecule has 3 rings (SSSR count). The number of amides is 1. The van der Waals surface area contributed by atoms with E-state index in [-0.39, 0.29) is 12.5 Å². The fourth-order valence-corrected chi connectivity index (χ4v) is 2.11. The second-order valence-electron chi connectivity index (χ2n) is 4.58. The van der Waals surface area contributed by atoms with Crippen LogP contribution in [-0.2, 0) is 11.4 Å². The van der Waals surface area contributed by atoms with Crippen LogP contribution in [-0.4, -0.2) is 10.9 Å². The molecule has 0 fully saturated rings. The summed E-state index contributed by atoms with van der Waals surface area (Å²) in [6, 6.07) is 18.7. The van der Waals surface area contributed by atoms with Crippen molar-refractivity contribution in [3.05, 3.63) is 78.0 Å². The first-order valence-corrected chi connectivity index (χ1v) is 6.64. The summed E-state index contributed by atoms with van der Waals surface area (Å²) in [5.41, 5.74) is 4.82. The average molecular weight is 278 g/mol. The lowest BCUT2D eigenvalue weighted by Crippen LogP contribution is -2.23. The third-order valence-electron chi connectivity index (χ3n) is 3.14. The standard InChI is InChI=1S/C17H14N2O2/c20-17(14-6-2-1-3-7-14)19-21-12-15-9-4-8-13-10-5-11-18-16(13)15/h1-11H,12H2,(H,19,20). The SMILES string of the molecule is O=C(NOCc1cccc2cccnc12)c1ccccc1. The summed E-state index contributed by atoms with van der Waals surface area (Å²) in [7, 11) is 0. The fraction of sp³-hybridized carbons (Fsp3) is 0.0588. The lowest BCUT2D eigenvalue weighted by Gasteiger charge is -2.08. The maximum absolute atomic E-state index is 11.8. The summed E-state index contributed by atoms with van der Waals surface area (Å²) < 4.78 is 0. The summed E-state index contributed by atoms with van der Waals surface area (Å²) in [5.74, 6) is -0.260. The molecule has 1 heterocycles. The second-order valence-corrected chi connectivity index (χ2v) is 4.58. The molecule has 1 aromatic heterocycles. The molecule has 4 nitrogen and oxygen atoms in total. The lowest BCUT2D eigenvalue weighted by molar-refractivity contribution is 0.0237. The summed E-state index contributed by atoms with van der Waals surface area (Å²) in [6.45, 7) is 0.271. The van der Waals surface area contributed by atoms with Crippen molar-refractivity contribution < 1.29 is 9.63 Å². The highest BCUT2D eigenvalue weighted by Crippen LogP contribution is 2.16. The van der Waals surface area contributed by atoms with Crippen molar-refractivity contribution in [3.8, 4) is 0 Å². The number of pyridine rings is 1. The van der Waals surface area contributed by atoms with Gasteiger partial charge in [0.05, 0.1) is 5.52 Å². The molecule has 1 N–H and O–H groups in total. The van der Waals surface area contributed by atoms with Gasteiger partial charge in [-0.1, -0.05) is 42.5 Å². The van der Waals surface area contributed by atoms with Gasteiger partial charge in [0.25, 0.3) is 5.91 Å². The van der Waals surface area contributed by atoms with E-state index in [0.717, 1.165) is 16.5 Å². The molecular formula is C17H14N2O2. The molecule has 21 heavy (non-hydrogen) atoms. The molecule has 0 saturated heterocycles. The topological polar surface area (TPSA) is 51.2 Å². The number of aromatic nitrogens is 1. The van der Waals surface area contributed by atoms with Crippen LogP contribution in [0.1, 0.15) is 15.9 Å². The van der Waals surface area contributed by atoms with E-state index in [0.29, 0.717) is 5.56 Å². The van der Waals surface area contributed by atoms with Crippen molar-refractivity contribution in [2.75, 3.05) is 0 Å². The van der Waals surface area contributed by atoms with Crippen LogP contribution < -0.4 is 5.48 Å². The molecule has 0 unspecified atom stereocenters. The largest absolute Gasteiger partial charge is 0.274 e. The number of nitrogens with zero attached hydrogens (tertiary/aromatic N) is 1. The molecule has 0 radical (unpaired) electrons. The maximum atomic E-state index is 11.8. The fourth-order valence-electron chi connectivity index (χ4n) is 2.11. The monoisotopic (exact) mass is 278 g/mol. The Bertz CT molecular complexity index is 752. The third-order valence-corrected chi connectivity index (χ3v) is 3.14. The number of rotatable bonds is 4. The van der Waals surface area contributed by atoms with Gasteiger partial charge in [-0.15, -0.1) is 0 Å². The van der Waals surface area contributed by atoms with Crippen LogP contribution in [0.3, 0.4) is 0 Å². The number of hydrogen-bond acceptors (Lipinski definition) is 3. The van der Waals surface area contributed by atoms with Crippen molar-refractivity contribution in [3.63, 3.8) is 0 Å². The van der Waals surface area contributed by atoms with Crippen LogP contribution in [0.5, 0.6) is 0 Å². The van der Waals surface area contributed by atoms with Gasteiger partial charge in [0.2, 0.25) is 0 Å².